The molecule has 24 heavy (non-hydrogen) atoms. The van der Waals surface area contributed by atoms with Crippen molar-refractivity contribution < 1.29 is 14.3 Å². The number of hydrogen-bond donors (Lipinski definition) is 0. The molecule has 0 unspecified atom stereocenters. The van der Waals surface area contributed by atoms with Crippen molar-refractivity contribution in [2.75, 3.05) is 6.61 Å². The number of benzene rings is 2. The topological polar surface area (TPSA) is 47.9 Å². The first-order valence-corrected chi connectivity index (χ1v) is 7.97. The van der Waals surface area contributed by atoms with Crippen LogP contribution in [0, 0.1) is 13.8 Å². The van der Waals surface area contributed by atoms with Crippen LogP contribution in [-0.2, 0) is 9.53 Å². The first kappa shape index (κ1) is 17.7. The van der Waals surface area contributed by atoms with Crippen molar-refractivity contribution in [3.63, 3.8) is 0 Å². The number of hydrogen-bond acceptors (Lipinski definition) is 4. The average molecular weight is 325 g/mol. The normalized spacial score (nSPS) is 11.0. The second-order valence-electron chi connectivity index (χ2n) is 5.92. The fourth-order valence-electron chi connectivity index (χ4n) is 2.04. The maximum Gasteiger partial charge on any atom is 0.344 e. The number of rotatable bonds is 6. The van der Waals surface area contributed by atoms with Crippen LogP contribution < -0.4 is 4.74 Å². The highest BCUT2D eigenvalue weighted by molar-refractivity contribution is 5.82. The summed E-state index contributed by atoms with van der Waals surface area (Å²) < 4.78 is 10.4. The fraction of sp³-hybridized carbons (Fsp3) is 0.300. The SMILES string of the molecule is Cc1ccc(N=Cc2ccc(OCC(=O)OC(C)C)cc2)cc1C. The smallest absolute Gasteiger partial charge is 0.344 e. The molecule has 2 aromatic rings. The Hall–Kier alpha value is -2.62. The molecule has 4 heteroatoms. The Morgan fingerprint density at radius 2 is 1.79 bits per heavy atom. The lowest BCUT2D eigenvalue weighted by atomic mass is 10.1. The fourth-order valence-corrected chi connectivity index (χ4v) is 2.04. The third-order valence-corrected chi connectivity index (χ3v) is 3.46. The summed E-state index contributed by atoms with van der Waals surface area (Å²) in [5.74, 6) is 0.254. The molecule has 0 aliphatic heterocycles. The van der Waals surface area contributed by atoms with Gasteiger partial charge in [-0.2, -0.15) is 0 Å². The summed E-state index contributed by atoms with van der Waals surface area (Å²) in [6, 6.07) is 13.5. The summed E-state index contributed by atoms with van der Waals surface area (Å²) in [5.41, 5.74) is 4.37. The lowest BCUT2D eigenvalue weighted by Crippen LogP contribution is -2.18. The van der Waals surface area contributed by atoms with Gasteiger partial charge < -0.3 is 9.47 Å². The van der Waals surface area contributed by atoms with E-state index in [-0.39, 0.29) is 18.7 Å². The highest BCUT2D eigenvalue weighted by Crippen LogP contribution is 2.17. The zero-order valence-corrected chi connectivity index (χ0v) is 14.6. The van der Waals surface area contributed by atoms with Gasteiger partial charge in [-0.25, -0.2) is 4.79 Å². The Kier molecular flexibility index (Phi) is 6.13. The molecule has 0 saturated carbocycles. The van der Waals surface area contributed by atoms with Gasteiger partial charge in [0.25, 0.3) is 0 Å². The third-order valence-electron chi connectivity index (χ3n) is 3.46. The summed E-state index contributed by atoms with van der Waals surface area (Å²) in [7, 11) is 0. The Balaban J connectivity index is 1.93. The number of aryl methyl sites for hydroxylation is 2. The molecule has 0 atom stereocenters. The molecule has 0 amide bonds. The summed E-state index contributed by atoms with van der Waals surface area (Å²) in [4.78, 5) is 15.9. The number of carbonyl (C=O) groups is 1. The second-order valence-corrected chi connectivity index (χ2v) is 5.92. The van der Waals surface area contributed by atoms with Gasteiger partial charge in [0.1, 0.15) is 5.75 Å². The molecule has 0 aliphatic rings. The zero-order chi connectivity index (χ0) is 17.5. The number of carbonyl (C=O) groups excluding carboxylic acids is 1. The van der Waals surface area contributed by atoms with Crippen LogP contribution in [0.3, 0.4) is 0 Å². The predicted molar refractivity (Wildman–Crippen MR) is 96.3 cm³/mol. The van der Waals surface area contributed by atoms with Crippen LogP contribution in [0.25, 0.3) is 0 Å². The Morgan fingerprint density at radius 1 is 1.08 bits per heavy atom. The van der Waals surface area contributed by atoms with Gasteiger partial charge in [0.15, 0.2) is 6.61 Å². The third kappa shape index (κ3) is 5.54. The van der Waals surface area contributed by atoms with Crippen LogP contribution in [0.15, 0.2) is 47.5 Å². The Labute approximate surface area is 143 Å². The molecule has 0 saturated heterocycles. The van der Waals surface area contributed by atoms with Gasteiger partial charge in [0, 0.05) is 6.21 Å². The highest BCUT2D eigenvalue weighted by Gasteiger charge is 2.06. The molecule has 0 bridgehead atoms. The van der Waals surface area contributed by atoms with Gasteiger partial charge in [0.2, 0.25) is 0 Å². The number of aliphatic imine (C=N–C) groups is 1. The predicted octanol–water partition coefficient (Wildman–Crippen LogP) is 4.38. The summed E-state index contributed by atoms with van der Waals surface area (Å²) in [6.07, 6.45) is 1.67. The minimum atomic E-state index is -0.370. The zero-order valence-electron chi connectivity index (χ0n) is 14.6. The van der Waals surface area contributed by atoms with Crippen molar-refractivity contribution >= 4 is 17.9 Å². The number of nitrogens with zero attached hydrogens (tertiary/aromatic N) is 1. The lowest BCUT2D eigenvalue weighted by molar-refractivity contribution is -0.149. The van der Waals surface area contributed by atoms with Crippen molar-refractivity contribution in [1.29, 1.82) is 0 Å². The molecule has 0 aromatic heterocycles. The molecular weight excluding hydrogens is 302 g/mol. The van der Waals surface area contributed by atoms with E-state index < -0.39 is 0 Å². The van der Waals surface area contributed by atoms with Crippen LogP contribution in [0.1, 0.15) is 30.5 Å². The van der Waals surface area contributed by atoms with Crippen LogP contribution in [0.2, 0.25) is 0 Å². The van der Waals surface area contributed by atoms with Gasteiger partial charge in [-0.15, -0.1) is 0 Å². The van der Waals surface area contributed by atoms with Crippen molar-refractivity contribution in [2.24, 2.45) is 4.99 Å². The van der Waals surface area contributed by atoms with Crippen LogP contribution in [-0.4, -0.2) is 24.9 Å². The molecular formula is C20H23NO3. The molecule has 0 aliphatic carbocycles. The molecule has 4 nitrogen and oxygen atoms in total. The van der Waals surface area contributed by atoms with E-state index in [4.69, 9.17) is 9.47 Å². The van der Waals surface area contributed by atoms with Crippen molar-refractivity contribution in [3.05, 3.63) is 59.2 Å². The van der Waals surface area contributed by atoms with Crippen LogP contribution >= 0.6 is 0 Å². The summed E-state index contributed by atoms with van der Waals surface area (Å²) in [6.45, 7) is 7.68. The van der Waals surface area contributed by atoms with E-state index in [1.807, 2.05) is 44.2 Å². The molecule has 0 N–H and O–H groups in total. The first-order valence-electron chi connectivity index (χ1n) is 7.97. The van der Waals surface area contributed by atoms with E-state index in [2.05, 4.69) is 31.0 Å². The van der Waals surface area contributed by atoms with Gasteiger partial charge in [-0.05, 0) is 80.8 Å². The molecule has 0 spiro atoms. The van der Waals surface area contributed by atoms with E-state index in [0.29, 0.717) is 5.75 Å². The van der Waals surface area contributed by atoms with Gasteiger partial charge in [-0.3, -0.25) is 4.99 Å². The molecule has 0 radical (unpaired) electrons. The van der Waals surface area contributed by atoms with E-state index in [9.17, 15) is 4.79 Å². The maximum atomic E-state index is 11.4. The summed E-state index contributed by atoms with van der Waals surface area (Å²) in [5, 5.41) is 0. The maximum absolute atomic E-state index is 11.4. The number of ether oxygens (including phenoxy) is 2. The average Bonchev–Trinajstić information content (AvgIpc) is 2.54. The van der Waals surface area contributed by atoms with Gasteiger partial charge >= 0.3 is 5.97 Å². The Morgan fingerprint density at radius 3 is 2.42 bits per heavy atom. The quantitative estimate of drug-likeness (QED) is 0.585. The van der Waals surface area contributed by atoms with Gasteiger partial charge in [0.05, 0.1) is 11.8 Å². The van der Waals surface area contributed by atoms with Crippen molar-refractivity contribution in [1.82, 2.24) is 0 Å². The monoisotopic (exact) mass is 325 g/mol. The van der Waals surface area contributed by atoms with E-state index in [0.717, 1.165) is 11.3 Å². The van der Waals surface area contributed by atoms with Crippen LogP contribution in [0.5, 0.6) is 5.75 Å². The Bertz CT molecular complexity index is 718. The molecule has 2 rings (SSSR count). The minimum Gasteiger partial charge on any atom is -0.482 e. The van der Waals surface area contributed by atoms with Crippen molar-refractivity contribution in [2.45, 2.75) is 33.8 Å². The lowest BCUT2D eigenvalue weighted by Gasteiger charge is -2.09. The second kappa shape index (κ2) is 8.29. The van der Waals surface area contributed by atoms with Crippen LogP contribution in [0.4, 0.5) is 5.69 Å². The largest absolute Gasteiger partial charge is 0.482 e. The summed E-state index contributed by atoms with van der Waals surface area (Å²) >= 11 is 0. The molecule has 0 heterocycles. The standard InChI is InChI=1S/C20H23NO3/c1-14(2)24-20(22)13-23-19-9-6-17(7-10-19)12-21-18-8-5-15(3)16(4)11-18/h5-12,14H,13H2,1-4H3. The van der Waals surface area contributed by atoms with Crippen molar-refractivity contribution in [3.8, 4) is 5.75 Å². The highest BCUT2D eigenvalue weighted by atomic mass is 16.6. The van der Waals surface area contributed by atoms with E-state index in [1.54, 1.807) is 6.21 Å². The number of esters is 1. The minimum absolute atomic E-state index is 0.0890. The molecule has 2 aromatic carbocycles. The first-order chi connectivity index (χ1) is 11.4. The molecule has 0 fully saturated rings. The van der Waals surface area contributed by atoms with E-state index >= 15 is 0 Å². The van der Waals surface area contributed by atoms with E-state index in [1.165, 1.54) is 11.1 Å². The molecule has 126 valence electrons. The van der Waals surface area contributed by atoms with Gasteiger partial charge in [-0.1, -0.05) is 6.07 Å².